The molecule has 6 nitrogen and oxygen atoms in total. The molecule has 0 spiro atoms. The molecule has 174 valence electrons. The fourth-order valence-corrected chi connectivity index (χ4v) is 5.23. The van der Waals surface area contributed by atoms with E-state index in [1.165, 1.54) is 18.6 Å². The maximum absolute atomic E-state index is 13.0. The number of amides is 1. The summed E-state index contributed by atoms with van der Waals surface area (Å²) in [7, 11) is -3.74. The molecule has 0 unspecified atom stereocenters. The molecule has 1 amide bonds. The van der Waals surface area contributed by atoms with Gasteiger partial charge in [-0.05, 0) is 68.0 Å². The molecule has 32 heavy (non-hydrogen) atoms. The van der Waals surface area contributed by atoms with Gasteiger partial charge in [0.1, 0.15) is 5.75 Å². The number of carbonyl (C=O) groups is 1. The van der Waals surface area contributed by atoms with Crippen LogP contribution < -0.4 is 14.8 Å². The highest BCUT2D eigenvalue weighted by atomic mass is 32.2. The summed E-state index contributed by atoms with van der Waals surface area (Å²) in [6.07, 6.45) is 6.36. The first-order chi connectivity index (χ1) is 15.3. The SMILES string of the molecule is CCc1cccc(CC)c1NS(=O)(=O)c1ccc(O[C@H](C)C(=O)NC2CCCCC2)cc1. The van der Waals surface area contributed by atoms with Crippen molar-refractivity contribution < 1.29 is 17.9 Å². The summed E-state index contributed by atoms with van der Waals surface area (Å²) in [5.74, 6) is 0.317. The molecule has 3 rings (SSSR count). The molecule has 0 aliphatic heterocycles. The van der Waals surface area contributed by atoms with Crippen LogP contribution in [0.1, 0.15) is 64.0 Å². The molecule has 0 radical (unpaired) electrons. The van der Waals surface area contributed by atoms with E-state index in [0.29, 0.717) is 11.4 Å². The largest absolute Gasteiger partial charge is 0.481 e. The molecule has 1 atom stereocenters. The predicted octanol–water partition coefficient (Wildman–Crippen LogP) is 4.83. The highest BCUT2D eigenvalue weighted by molar-refractivity contribution is 7.92. The van der Waals surface area contributed by atoms with Crippen LogP contribution in [0.5, 0.6) is 5.75 Å². The van der Waals surface area contributed by atoms with E-state index in [9.17, 15) is 13.2 Å². The molecule has 7 heteroatoms. The van der Waals surface area contributed by atoms with E-state index in [1.54, 1.807) is 19.1 Å². The van der Waals surface area contributed by atoms with Gasteiger partial charge in [0.15, 0.2) is 6.10 Å². The minimum Gasteiger partial charge on any atom is -0.481 e. The number of anilines is 1. The number of sulfonamides is 1. The molecule has 0 bridgehead atoms. The zero-order valence-electron chi connectivity index (χ0n) is 19.2. The Morgan fingerprint density at radius 1 is 1.00 bits per heavy atom. The number of para-hydroxylation sites is 1. The standard InChI is InChI=1S/C25H34N2O4S/c1-4-19-10-9-11-20(5-2)24(19)27-32(29,30)23-16-14-22(15-17-23)31-18(3)25(28)26-21-12-7-6-8-13-21/h9-11,14-18,21,27H,4-8,12-13H2,1-3H3,(H,26,28)/t18-/m1/s1. The monoisotopic (exact) mass is 458 g/mol. The van der Waals surface area contributed by atoms with Crippen molar-refractivity contribution >= 4 is 21.6 Å². The molecule has 1 saturated carbocycles. The Morgan fingerprint density at radius 3 is 2.16 bits per heavy atom. The van der Waals surface area contributed by atoms with Crippen LogP contribution >= 0.6 is 0 Å². The van der Waals surface area contributed by atoms with Crippen LogP contribution in [-0.2, 0) is 27.7 Å². The van der Waals surface area contributed by atoms with Crippen LogP contribution in [0.2, 0.25) is 0 Å². The lowest BCUT2D eigenvalue weighted by molar-refractivity contribution is -0.128. The average molecular weight is 459 g/mol. The van der Waals surface area contributed by atoms with Crippen molar-refractivity contribution in [2.45, 2.75) is 82.8 Å². The predicted molar refractivity (Wildman–Crippen MR) is 128 cm³/mol. The Kier molecular flexibility index (Phi) is 8.18. The summed E-state index contributed by atoms with van der Waals surface area (Å²) >= 11 is 0. The number of benzene rings is 2. The number of aryl methyl sites for hydroxylation is 2. The lowest BCUT2D eigenvalue weighted by Gasteiger charge is -2.24. The van der Waals surface area contributed by atoms with Gasteiger partial charge in [-0.15, -0.1) is 0 Å². The second-order valence-corrected chi connectivity index (χ2v) is 10.0. The fourth-order valence-electron chi connectivity index (χ4n) is 4.09. The number of ether oxygens (including phenoxy) is 1. The van der Waals surface area contributed by atoms with Gasteiger partial charge in [-0.25, -0.2) is 8.42 Å². The van der Waals surface area contributed by atoms with Crippen molar-refractivity contribution in [2.24, 2.45) is 0 Å². The lowest BCUT2D eigenvalue weighted by atomic mass is 9.95. The van der Waals surface area contributed by atoms with Gasteiger partial charge in [-0.3, -0.25) is 9.52 Å². The molecule has 2 N–H and O–H groups in total. The van der Waals surface area contributed by atoms with Crippen molar-refractivity contribution in [3.8, 4) is 5.75 Å². The summed E-state index contributed by atoms with van der Waals surface area (Å²) in [4.78, 5) is 12.6. The van der Waals surface area contributed by atoms with E-state index in [1.807, 2.05) is 32.0 Å². The second kappa shape index (κ2) is 10.9. The zero-order chi connectivity index (χ0) is 23.1. The fraction of sp³-hybridized carbons (Fsp3) is 0.480. The molecule has 1 aliphatic carbocycles. The van der Waals surface area contributed by atoms with Crippen molar-refractivity contribution in [1.82, 2.24) is 5.32 Å². The van der Waals surface area contributed by atoms with E-state index < -0.39 is 16.1 Å². The normalized spacial score (nSPS) is 15.7. The maximum Gasteiger partial charge on any atom is 0.261 e. The number of hydrogen-bond donors (Lipinski definition) is 2. The molecule has 2 aromatic carbocycles. The van der Waals surface area contributed by atoms with Crippen LogP contribution in [-0.4, -0.2) is 26.5 Å². The van der Waals surface area contributed by atoms with E-state index in [4.69, 9.17) is 4.74 Å². The summed E-state index contributed by atoms with van der Waals surface area (Å²) in [5.41, 5.74) is 2.59. The summed E-state index contributed by atoms with van der Waals surface area (Å²) < 4.78 is 34.5. The lowest BCUT2D eigenvalue weighted by Crippen LogP contribution is -2.43. The molecule has 0 aromatic heterocycles. The highest BCUT2D eigenvalue weighted by Gasteiger charge is 2.22. The van der Waals surface area contributed by atoms with Crippen molar-refractivity contribution in [3.05, 3.63) is 53.6 Å². The number of rotatable bonds is 9. The third-order valence-corrected chi connectivity index (χ3v) is 7.37. The van der Waals surface area contributed by atoms with Crippen LogP contribution in [0.15, 0.2) is 47.4 Å². The van der Waals surface area contributed by atoms with Gasteiger partial charge >= 0.3 is 0 Å². The Hall–Kier alpha value is -2.54. The maximum atomic E-state index is 13.0. The first-order valence-electron chi connectivity index (χ1n) is 11.5. The van der Waals surface area contributed by atoms with Crippen LogP contribution in [0, 0.1) is 0 Å². The molecular formula is C25H34N2O4S. The van der Waals surface area contributed by atoms with Crippen molar-refractivity contribution in [2.75, 3.05) is 4.72 Å². The van der Waals surface area contributed by atoms with E-state index in [-0.39, 0.29) is 16.8 Å². The number of hydrogen-bond acceptors (Lipinski definition) is 4. The summed E-state index contributed by atoms with van der Waals surface area (Å²) in [6, 6.07) is 12.2. The van der Waals surface area contributed by atoms with Gasteiger partial charge in [0.25, 0.3) is 15.9 Å². The van der Waals surface area contributed by atoms with Crippen LogP contribution in [0.3, 0.4) is 0 Å². The number of carbonyl (C=O) groups excluding carboxylic acids is 1. The second-order valence-electron chi connectivity index (χ2n) is 8.34. The Labute approximate surface area is 191 Å². The van der Waals surface area contributed by atoms with E-state index >= 15 is 0 Å². The smallest absolute Gasteiger partial charge is 0.261 e. The summed E-state index contributed by atoms with van der Waals surface area (Å²) in [5, 5.41) is 3.05. The quantitative estimate of drug-likeness (QED) is 0.564. The van der Waals surface area contributed by atoms with Gasteiger partial charge in [-0.1, -0.05) is 51.3 Å². The van der Waals surface area contributed by atoms with Gasteiger partial charge in [0, 0.05) is 6.04 Å². The topological polar surface area (TPSA) is 84.5 Å². The van der Waals surface area contributed by atoms with Gasteiger partial charge in [-0.2, -0.15) is 0 Å². The molecule has 2 aromatic rings. The van der Waals surface area contributed by atoms with Gasteiger partial charge < -0.3 is 10.1 Å². The summed E-state index contributed by atoms with van der Waals surface area (Å²) in [6.45, 7) is 5.72. The van der Waals surface area contributed by atoms with Crippen LogP contribution in [0.25, 0.3) is 0 Å². The Morgan fingerprint density at radius 2 is 1.59 bits per heavy atom. The Balaban J connectivity index is 1.66. The molecular weight excluding hydrogens is 424 g/mol. The molecule has 0 saturated heterocycles. The third kappa shape index (κ3) is 6.03. The average Bonchev–Trinajstić information content (AvgIpc) is 2.80. The van der Waals surface area contributed by atoms with Crippen molar-refractivity contribution in [3.63, 3.8) is 0 Å². The van der Waals surface area contributed by atoms with E-state index in [2.05, 4.69) is 10.0 Å². The van der Waals surface area contributed by atoms with Crippen molar-refractivity contribution in [1.29, 1.82) is 0 Å². The van der Waals surface area contributed by atoms with E-state index in [0.717, 1.165) is 49.7 Å². The third-order valence-electron chi connectivity index (χ3n) is 6.00. The zero-order valence-corrected chi connectivity index (χ0v) is 20.0. The van der Waals surface area contributed by atoms with Gasteiger partial charge in [0.05, 0.1) is 10.6 Å². The Bertz CT molecular complexity index is 990. The number of nitrogens with one attached hydrogen (secondary N) is 2. The molecule has 1 aliphatic rings. The first-order valence-corrected chi connectivity index (χ1v) is 13.0. The van der Waals surface area contributed by atoms with Gasteiger partial charge in [0.2, 0.25) is 0 Å². The first kappa shape index (κ1) is 24.1. The minimum absolute atomic E-state index is 0.140. The molecule has 1 fully saturated rings. The van der Waals surface area contributed by atoms with Crippen LogP contribution in [0.4, 0.5) is 5.69 Å². The molecule has 0 heterocycles. The minimum atomic E-state index is -3.74. The highest BCUT2D eigenvalue weighted by Crippen LogP contribution is 2.26.